The van der Waals surface area contributed by atoms with E-state index in [0.29, 0.717) is 48.5 Å². The van der Waals surface area contributed by atoms with E-state index in [4.69, 9.17) is 21.2 Å². The first-order valence-corrected chi connectivity index (χ1v) is 11.5. The summed E-state index contributed by atoms with van der Waals surface area (Å²) in [6.07, 6.45) is 3.71. The van der Waals surface area contributed by atoms with Crippen molar-refractivity contribution in [3.8, 4) is 0 Å². The predicted molar refractivity (Wildman–Crippen MR) is 125 cm³/mol. The van der Waals surface area contributed by atoms with E-state index in [0.717, 1.165) is 17.3 Å². The van der Waals surface area contributed by atoms with Crippen LogP contribution in [0.3, 0.4) is 0 Å². The molecular weight excluding hydrogens is 503 g/mol. The van der Waals surface area contributed by atoms with E-state index in [9.17, 15) is 4.79 Å². The fourth-order valence-electron chi connectivity index (χ4n) is 3.23. The third kappa shape index (κ3) is 5.23. The van der Waals surface area contributed by atoms with E-state index >= 15 is 4.39 Å². The average molecular weight is 526 g/mol. The van der Waals surface area contributed by atoms with Crippen molar-refractivity contribution in [2.45, 2.75) is 26.3 Å². The van der Waals surface area contributed by atoms with Crippen LogP contribution in [0.4, 0.5) is 15.8 Å². The summed E-state index contributed by atoms with van der Waals surface area (Å²) < 4.78 is 23.5. The van der Waals surface area contributed by atoms with Gasteiger partial charge in [0, 0.05) is 17.6 Å². The minimum Gasteiger partial charge on any atom is -0.380 e. The number of ether oxygens (including phenoxy) is 1. The number of anilines is 2. The number of rotatable bonds is 10. The molecule has 2 aromatic carbocycles. The van der Waals surface area contributed by atoms with Gasteiger partial charge in [0.2, 0.25) is 0 Å². The van der Waals surface area contributed by atoms with Gasteiger partial charge in [0.15, 0.2) is 5.82 Å². The first-order chi connectivity index (χ1) is 15.5. The van der Waals surface area contributed by atoms with Gasteiger partial charge in [0.1, 0.15) is 5.52 Å². The van der Waals surface area contributed by atoms with E-state index in [1.807, 2.05) is 6.92 Å². The van der Waals surface area contributed by atoms with E-state index in [1.54, 1.807) is 28.8 Å². The molecule has 1 aromatic heterocycles. The molecule has 1 aliphatic carbocycles. The van der Waals surface area contributed by atoms with Gasteiger partial charge in [-0.3, -0.25) is 9.63 Å². The summed E-state index contributed by atoms with van der Waals surface area (Å²) >= 11 is 9.66. The molecule has 1 aliphatic rings. The Labute approximate surface area is 198 Å². The molecule has 3 aromatic rings. The molecule has 0 spiro atoms. The van der Waals surface area contributed by atoms with Crippen molar-refractivity contribution in [1.82, 2.24) is 15.0 Å². The van der Waals surface area contributed by atoms with Crippen LogP contribution in [0.25, 0.3) is 11.0 Å². The molecule has 170 valence electrons. The summed E-state index contributed by atoms with van der Waals surface area (Å²) in [6.45, 7) is 3.85. The Kier molecular flexibility index (Phi) is 7.30. The van der Waals surface area contributed by atoms with Crippen LogP contribution in [-0.2, 0) is 16.1 Å². The van der Waals surface area contributed by atoms with Crippen molar-refractivity contribution in [1.29, 1.82) is 0 Å². The SMILES string of the molecule is CCOCCn1cnc2c(F)c(Nc3ccc(Br)cc3Cl)c(C(=O)NOCC3CC3)cc21. The minimum atomic E-state index is -0.649. The lowest BCUT2D eigenvalue weighted by atomic mass is 10.1. The normalized spacial score (nSPS) is 13.5. The summed E-state index contributed by atoms with van der Waals surface area (Å²) in [5.74, 6) is -0.739. The monoisotopic (exact) mass is 524 g/mol. The molecular formula is C22H23BrClFN4O3. The Morgan fingerprint density at radius 2 is 2.19 bits per heavy atom. The second-order valence-electron chi connectivity index (χ2n) is 7.55. The molecule has 7 nitrogen and oxygen atoms in total. The second kappa shape index (κ2) is 10.2. The zero-order valence-corrected chi connectivity index (χ0v) is 19.8. The van der Waals surface area contributed by atoms with Crippen molar-refractivity contribution in [2.75, 3.05) is 25.1 Å². The highest BCUT2D eigenvalue weighted by atomic mass is 79.9. The van der Waals surface area contributed by atoms with Crippen LogP contribution in [0.1, 0.15) is 30.1 Å². The number of imidazole rings is 1. The molecule has 0 unspecified atom stereocenters. The van der Waals surface area contributed by atoms with Crippen LogP contribution in [0, 0.1) is 11.7 Å². The van der Waals surface area contributed by atoms with E-state index in [1.165, 1.54) is 6.33 Å². The molecule has 0 atom stereocenters. The standard InChI is InChI=1S/C22H23BrClFN4O3/c1-2-31-8-7-29-12-26-21-18(29)10-15(22(30)28-32-11-13-3-4-13)20(19(21)25)27-17-6-5-14(23)9-16(17)24/h5-6,9-10,12-13,27H,2-4,7-8,11H2,1H3,(H,28,30). The van der Waals surface area contributed by atoms with Crippen LogP contribution in [0.15, 0.2) is 35.1 Å². The first kappa shape index (κ1) is 23.0. The van der Waals surface area contributed by atoms with Gasteiger partial charge in [-0.15, -0.1) is 0 Å². The number of amides is 1. The van der Waals surface area contributed by atoms with Crippen molar-refractivity contribution in [2.24, 2.45) is 5.92 Å². The van der Waals surface area contributed by atoms with Crippen LogP contribution in [0.2, 0.25) is 5.02 Å². The van der Waals surface area contributed by atoms with Crippen molar-refractivity contribution < 1.29 is 18.8 Å². The third-order valence-electron chi connectivity index (χ3n) is 5.15. The van der Waals surface area contributed by atoms with Gasteiger partial charge >= 0.3 is 0 Å². The summed E-state index contributed by atoms with van der Waals surface area (Å²) in [4.78, 5) is 22.5. The van der Waals surface area contributed by atoms with Gasteiger partial charge in [-0.2, -0.15) is 0 Å². The summed E-state index contributed by atoms with van der Waals surface area (Å²) in [5, 5.41) is 3.34. The number of aromatic nitrogens is 2. The van der Waals surface area contributed by atoms with Gasteiger partial charge < -0.3 is 14.6 Å². The Hall–Kier alpha value is -2.20. The Bertz CT molecular complexity index is 1140. The van der Waals surface area contributed by atoms with Crippen LogP contribution >= 0.6 is 27.5 Å². The third-order valence-corrected chi connectivity index (χ3v) is 5.96. The highest BCUT2D eigenvalue weighted by Crippen LogP contribution is 2.34. The van der Waals surface area contributed by atoms with Gasteiger partial charge in [0.05, 0.1) is 47.0 Å². The number of hydrogen-bond donors (Lipinski definition) is 2. The highest BCUT2D eigenvalue weighted by Gasteiger charge is 2.25. The minimum absolute atomic E-state index is 0.0238. The smallest absolute Gasteiger partial charge is 0.277 e. The second-order valence-corrected chi connectivity index (χ2v) is 8.87. The van der Waals surface area contributed by atoms with Crippen molar-refractivity contribution in [3.05, 3.63) is 51.5 Å². The molecule has 0 bridgehead atoms. The number of fused-ring (bicyclic) bond motifs is 1. The fourth-order valence-corrected chi connectivity index (χ4v) is 3.96. The van der Waals surface area contributed by atoms with Gasteiger partial charge in [0.25, 0.3) is 5.91 Å². The topological polar surface area (TPSA) is 77.4 Å². The van der Waals surface area contributed by atoms with Gasteiger partial charge in [-0.1, -0.05) is 27.5 Å². The predicted octanol–water partition coefficient (Wildman–Crippen LogP) is 5.44. The van der Waals surface area contributed by atoms with Gasteiger partial charge in [-0.05, 0) is 49.9 Å². The summed E-state index contributed by atoms with van der Waals surface area (Å²) in [6, 6.07) is 6.75. The molecule has 1 fully saturated rings. The van der Waals surface area contributed by atoms with Gasteiger partial charge in [-0.25, -0.2) is 14.9 Å². The number of benzene rings is 2. The van der Waals surface area contributed by atoms with Crippen molar-refractivity contribution >= 4 is 55.8 Å². The lowest BCUT2D eigenvalue weighted by molar-refractivity contribution is 0.0271. The largest absolute Gasteiger partial charge is 0.380 e. The van der Waals surface area contributed by atoms with Crippen molar-refractivity contribution in [3.63, 3.8) is 0 Å². The summed E-state index contributed by atoms with van der Waals surface area (Å²) in [7, 11) is 0. The average Bonchev–Trinajstić information content (AvgIpc) is 3.50. The van der Waals surface area contributed by atoms with Crippen LogP contribution in [-0.4, -0.2) is 35.3 Å². The number of carbonyl (C=O) groups excluding carboxylic acids is 1. The maximum atomic E-state index is 15.6. The molecule has 1 saturated carbocycles. The molecule has 1 amide bonds. The van der Waals surface area contributed by atoms with E-state index < -0.39 is 11.7 Å². The Morgan fingerprint density at radius 1 is 1.38 bits per heavy atom. The zero-order valence-electron chi connectivity index (χ0n) is 17.5. The fraction of sp³-hybridized carbons (Fsp3) is 0.364. The Morgan fingerprint density at radius 3 is 2.91 bits per heavy atom. The van der Waals surface area contributed by atoms with E-state index in [-0.39, 0.29) is 16.8 Å². The van der Waals surface area contributed by atoms with E-state index in [2.05, 4.69) is 31.7 Å². The zero-order chi connectivity index (χ0) is 22.7. The molecule has 4 rings (SSSR count). The summed E-state index contributed by atoms with van der Waals surface area (Å²) in [5.41, 5.74) is 3.59. The number of hydrogen-bond acceptors (Lipinski definition) is 5. The highest BCUT2D eigenvalue weighted by molar-refractivity contribution is 9.10. The molecule has 0 saturated heterocycles. The van der Waals surface area contributed by atoms with Crippen LogP contribution in [0.5, 0.6) is 0 Å². The lowest BCUT2D eigenvalue weighted by Crippen LogP contribution is -2.26. The number of halogens is 3. The Balaban J connectivity index is 1.71. The maximum absolute atomic E-state index is 15.6. The van der Waals surface area contributed by atoms with Crippen LogP contribution < -0.4 is 10.8 Å². The number of carbonyl (C=O) groups is 1. The molecule has 2 N–H and O–H groups in total. The number of hydroxylamine groups is 1. The first-order valence-electron chi connectivity index (χ1n) is 10.4. The molecule has 32 heavy (non-hydrogen) atoms. The lowest BCUT2D eigenvalue weighted by Gasteiger charge is -2.16. The number of nitrogens with zero attached hydrogens (tertiary/aromatic N) is 2. The number of nitrogens with one attached hydrogen (secondary N) is 2. The maximum Gasteiger partial charge on any atom is 0.277 e. The molecule has 10 heteroatoms. The molecule has 0 aliphatic heterocycles. The quantitative estimate of drug-likeness (QED) is 0.272. The molecule has 1 heterocycles. The molecule has 0 radical (unpaired) electrons.